The summed E-state index contributed by atoms with van der Waals surface area (Å²) in [6.07, 6.45) is 0. The van der Waals surface area contributed by atoms with Gasteiger partial charge in [-0.15, -0.1) is 0 Å². The molecule has 0 radical (unpaired) electrons. The van der Waals surface area contributed by atoms with E-state index in [1.807, 2.05) is 6.07 Å². The van der Waals surface area contributed by atoms with Gasteiger partial charge in [0.15, 0.2) is 0 Å². The third-order valence-corrected chi connectivity index (χ3v) is 4.47. The first-order chi connectivity index (χ1) is 9.42. The number of nitrogens with one attached hydrogen (secondary N) is 1. The van der Waals surface area contributed by atoms with Gasteiger partial charge >= 0.3 is 0 Å². The lowest BCUT2D eigenvalue weighted by Crippen LogP contribution is -2.13. The molecule has 0 bridgehead atoms. The largest absolute Gasteiger partial charge is 0.280 e. The van der Waals surface area contributed by atoms with Gasteiger partial charge in [-0.05, 0) is 52.3 Å². The highest BCUT2D eigenvalue weighted by Crippen LogP contribution is 2.21. The minimum atomic E-state index is -3.90. The first-order valence-corrected chi connectivity index (χ1v) is 7.68. The van der Waals surface area contributed by atoms with Crippen LogP contribution in [0.2, 0.25) is 0 Å². The number of hydrogen-bond donors (Lipinski definition) is 1. The molecule has 4 nitrogen and oxygen atoms in total. The molecule has 0 spiro atoms. The Kier molecular flexibility index (Phi) is 4.06. The van der Waals surface area contributed by atoms with Gasteiger partial charge in [0.25, 0.3) is 10.0 Å². The van der Waals surface area contributed by atoms with Gasteiger partial charge < -0.3 is 0 Å². The van der Waals surface area contributed by atoms with Crippen molar-refractivity contribution < 1.29 is 12.8 Å². The Hall–Kier alpha value is -1.91. The molecule has 2 aromatic carbocycles. The van der Waals surface area contributed by atoms with E-state index in [1.165, 1.54) is 24.3 Å². The highest BCUT2D eigenvalue weighted by Gasteiger charge is 2.16. The molecule has 2 rings (SSSR count). The van der Waals surface area contributed by atoms with Crippen LogP contribution in [0, 0.1) is 17.1 Å². The molecule has 0 aliphatic carbocycles. The van der Waals surface area contributed by atoms with E-state index < -0.39 is 15.8 Å². The Morgan fingerprint density at radius 2 is 1.95 bits per heavy atom. The predicted octanol–water partition coefficient (Wildman–Crippen LogP) is 3.26. The summed E-state index contributed by atoms with van der Waals surface area (Å²) >= 11 is 2.96. The molecule has 2 aromatic rings. The van der Waals surface area contributed by atoms with Crippen molar-refractivity contribution in [3.8, 4) is 6.07 Å². The standard InChI is InChI=1S/C13H8BrFN2O2S/c14-12-5-4-11(7-13(12)15)20(18,19)17-10-3-1-2-9(6-10)8-16/h1-7,17H. The number of anilines is 1. The zero-order valence-corrected chi connectivity index (χ0v) is 12.4. The van der Waals surface area contributed by atoms with Crippen molar-refractivity contribution in [2.75, 3.05) is 4.72 Å². The van der Waals surface area contributed by atoms with E-state index in [-0.39, 0.29) is 15.1 Å². The molecule has 0 aliphatic rings. The van der Waals surface area contributed by atoms with Crippen molar-refractivity contribution >= 4 is 31.6 Å². The first kappa shape index (κ1) is 14.5. The van der Waals surface area contributed by atoms with E-state index in [9.17, 15) is 12.8 Å². The SMILES string of the molecule is N#Cc1cccc(NS(=O)(=O)c2ccc(Br)c(F)c2)c1. The Morgan fingerprint density at radius 1 is 1.20 bits per heavy atom. The van der Waals surface area contributed by atoms with E-state index >= 15 is 0 Å². The molecule has 0 fully saturated rings. The summed E-state index contributed by atoms with van der Waals surface area (Å²) in [5.41, 5.74) is 0.569. The number of benzene rings is 2. The lowest BCUT2D eigenvalue weighted by molar-refractivity contribution is 0.593. The Bertz CT molecular complexity index is 800. The van der Waals surface area contributed by atoms with Crippen molar-refractivity contribution in [2.24, 2.45) is 0 Å². The molecule has 7 heteroatoms. The van der Waals surface area contributed by atoms with Crippen LogP contribution in [0.4, 0.5) is 10.1 Å². The lowest BCUT2D eigenvalue weighted by atomic mass is 10.2. The first-order valence-electron chi connectivity index (χ1n) is 5.40. The topological polar surface area (TPSA) is 70.0 Å². The van der Waals surface area contributed by atoms with Crippen LogP contribution < -0.4 is 4.72 Å². The van der Waals surface area contributed by atoms with Crippen LogP contribution in [0.15, 0.2) is 51.8 Å². The monoisotopic (exact) mass is 354 g/mol. The molecule has 1 N–H and O–H groups in total. The summed E-state index contributed by atoms with van der Waals surface area (Å²) in [6, 6.07) is 11.4. The third kappa shape index (κ3) is 3.15. The number of rotatable bonds is 3. The fraction of sp³-hybridized carbons (Fsp3) is 0. The van der Waals surface area contributed by atoms with Crippen LogP contribution in [0.1, 0.15) is 5.56 Å². The van der Waals surface area contributed by atoms with Crippen molar-refractivity contribution in [2.45, 2.75) is 4.90 Å². The van der Waals surface area contributed by atoms with Gasteiger partial charge in [-0.3, -0.25) is 4.72 Å². The molecule has 0 saturated heterocycles. The van der Waals surface area contributed by atoms with E-state index in [0.717, 1.165) is 6.07 Å². The van der Waals surface area contributed by atoms with Gasteiger partial charge in [0.2, 0.25) is 0 Å². The minimum Gasteiger partial charge on any atom is -0.280 e. The molecule has 0 aliphatic heterocycles. The molecule has 0 saturated carbocycles. The smallest absolute Gasteiger partial charge is 0.261 e. The Labute approximate surface area is 124 Å². The zero-order chi connectivity index (χ0) is 14.8. The summed E-state index contributed by atoms with van der Waals surface area (Å²) in [7, 11) is -3.90. The van der Waals surface area contributed by atoms with Crippen LogP contribution in [0.25, 0.3) is 0 Å². The quantitative estimate of drug-likeness (QED) is 0.919. The minimum absolute atomic E-state index is 0.183. The molecular formula is C13H8BrFN2O2S. The van der Waals surface area contributed by atoms with E-state index in [1.54, 1.807) is 12.1 Å². The summed E-state index contributed by atoms with van der Waals surface area (Å²) in [5, 5.41) is 8.76. The number of halogens is 2. The van der Waals surface area contributed by atoms with Crippen LogP contribution in [-0.4, -0.2) is 8.42 Å². The lowest BCUT2D eigenvalue weighted by Gasteiger charge is -2.08. The highest BCUT2D eigenvalue weighted by molar-refractivity contribution is 9.10. The maximum atomic E-state index is 13.4. The second kappa shape index (κ2) is 5.61. The third-order valence-electron chi connectivity index (χ3n) is 2.45. The molecule has 0 aromatic heterocycles. The predicted molar refractivity (Wildman–Crippen MR) is 76.1 cm³/mol. The average Bonchev–Trinajstić information content (AvgIpc) is 2.41. The summed E-state index contributed by atoms with van der Waals surface area (Å²) in [4.78, 5) is -0.194. The van der Waals surface area contributed by atoms with Crippen LogP contribution in [0.3, 0.4) is 0 Å². The maximum Gasteiger partial charge on any atom is 0.261 e. The van der Waals surface area contributed by atoms with E-state index in [0.29, 0.717) is 5.56 Å². The highest BCUT2D eigenvalue weighted by atomic mass is 79.9. The summed E-state index contributed by atoms with van der Waals surface area (Å²) < 4.78 is 40.0. The number of nitrogens with zero attached hydrogens (tertiary/aromatic N) is 1. The number of hydrogen-bond acceptors (Lipinski definition) is 3. The summed E-state index contributed by atoms with van der Waals surface area (Å²) in [5.74, 6) is -0.668. The fourth-order valence-electron chi connectivity index (χ4n) is 1.51. The molecule has 0 unspecified atom stereocenters. The van der Waals surface area contributed by atoms with Gasteiger partial charge in [-0.2, -0.15) is 5.26 Å². The van der Waals surface area contributed by atoms with Gasteiger partial charge in [-0.25, -0.2) is 12.8 Å². The molecule has 0 heterocycles. The van der Waals surface area contributed by atoms with Crippen molar-refractivity contribution in [1.29, 1.82) is 5.26 Å². The Morgan fingerprint density at radius 3 is 2.60 bits per heavy atom. The van der Waals surface area contributed by atoms with Crippen molar-refractivity contribution in [3.63, 3.8) is 0 Å². The maximum absolute atomic E-state index is 13.4. The molecule has 0 amide bonds. The van der Waals surface area contributed by atoms with E-state index in [4.69, 9.17) is 5.26 Å². The second-order valence-corrected chi connectivity index (χ2v) is 6.41. The van der Waals surface area contributed by atoms with E-state index in [2.05, 4.69) is 20.7 Å². The molecule has 0 atom stereocenters. The number of nitriles is 1. The van der Waals surface area contributed by atoms with Gasteiger partial charge in [0.1, 0.15) is 5.82 Å². The van der Waals surface area contributed by atoms with Crippen molar-refractivity contribution in [3.05, 3.63) is 58.3 Å². The van der Waals surface area contributed by atoms with Gasteiger partial charge in [0, 0.05) is 0 Å². The van der Waals surface area contributed by atoms with Crippen LogP contribution in [0.5, 0.6) is 0 Å². The average molecular weight is 355 g/mol. The van der Waals surface area contributed by atoms with Gasteiger partial charge in [0.05, 0.1) is 26.7 Å². The zero-order valence-electron chi connectivity index (χ0n) is 9.97. The Balaban J connectivity index is 2.35. The normalized spacial score (nSPS) is 10.8. The molecule has 20 heavy (non-hydrogen) atoms. The number of sulfonamides is 1. The van der Waals surface area contributed by atoms with Crippen molar-refractivity contribution in [1.82, 2.24) is 0 Å². The summed E-state index contributed by atoms with van der Waals surface area (Å²) in [6.45, 7) is 0. The second-order valence-electron chi connectivity index (χ2n) is 3.87. The van der Waals surface area contributed by atoms with Crippen LogP contribution >= 0.6 is 15.9 Å². The molecular weight excluding hydrogens is 347 g/mol. The van der Waals surface area contributed by atoms with Gasteiger partial charge in [-0.1, -0.05) is 6.07 Å². The molecule has 102 valence electrons. The van der Waals surface area contributed by atoms with Crippen LogP contribution in [-0.2, 0) is 10.0 Å². The fourth-order valence-corrected chi connectivity index (χ4v) is 2.82.